The Balaban J connectivity index is 1.20. The number of carbonyl (C=O) groups excluding carboxylic acids is 1. The van der Waals surface area contributed by atoms with E-state index in [2.05, 4.69) is 30.5 Å². The second-order valence-electron chi connectivity index (χ2n) is 11.2. The fourth-order valence-electron chi connectivity index (χ4n) is 6.06. The van der Waals surface area contributed by atoms with Gasteiger partial charge in [-0.3, -0.25) is 14.9 Å². The minimum absolute atomic E-state index is 0.0414. The number of hydrogen-bond donors (Lipinski definition) is 3. The van der Waals surface area contributed by atoms with Crippen molar-refractivity contribution < 1.29 is 9.18 Å². The standard InChI is InChI=1S/C33H30FN7O/c1-19-11-22(14-24(34)12-19)26-9-10-36-32-30(26)38-33(39-32)31-27-16-21(7-8-28(27)40-41-31)23-15-25(18-35-17-23)37-29(42)13-20-5-3-2-4-6-20/h7-12,14-18,20H,2-6,13H2,1H3,(H,37,42)(H,40,41)(H,36,38,39). The van der Waals surface area contributed by atoms with Gasteiger partial charge in [0.15, 0.2) is 11.5 Å². The van der Waals surface area contributed by atoms with Crippen LogP contribution in [0.5, 0.6) is 0 Å². The van der Waals surface area contributed by atoms with Crippen LogP contribution in [0.3, 0.4) is 0 Å². The van der Waals surface area contributed by atoms with Gasteiger partial charge in [-0.25, -0.2) is 14.4 Å². The highest BCUT2D eigenvalue weighted by Crippen LogP contribution is 2.33. The number of halogens is 1. The van der Waals surface area contributed by atoms with Gasteiger partial charge in [-0.1, -0.05) is 31.4 Å². The largest absolute Gasteiger partial charge is 0.335 e. The van der Waals surface area contributed by atoms with E-state index < -0.39 is 0 Å². The van der Waals surface area contributed by atoms with Crippen molar-refractivity contribution in [3.63, 3.8) is 0 Å². The molecule has 3 N–H and O–H groups in total. The van der Waals surface area contributed by atoms with Crippen LogP contribution in [-0.2, 0) is 4.79 Å². The van der Waals surface area contributed by atoms with Crippen LogP contribution in [0.25, 0.3) is 55.8 Å². The molecule has 1 amide bonds. The number of aryl methyl sites for hydroxylation is 1. The monoisotopic (exact) mass is 559 g/mol. The highest BCUT2D eigenvalue weighted by Gasteiger charge is 2.19. The number of benzene rings is 2. The lowest BCUT2D eigenvalue weighted by molar-refractivity contribution is -0.117. The third kappa shape index (κ3) is 5.13. The van der Waals surface area contributed by atoms with Crippen molar-refractivity contribution in [2.75, 3.05) is 5.32 Å². The molecule has 6 aromatic rings. The number of nitrogens with zero attached hydrogens (tertiary/aromatic N) is 4. The van der Waals surface area contributed by atoms with E-state index in [1.54, 1.807) is 18.6 Å². The summed E-state index contributed by atoms with van der Waals surface area (Å²) in [4.78, 5) is 29.7. The molecule has 0 spiro atoms. The second-order valence-corrected chi connectivity index (χ2v) is 11.2. The third-order valence-electron chi connectivity index (χ3n) is 8.09. The van der Waals surface area contributed by atoms with Gasteiger partial charge in [-0.15, -0.1) is 0 Å². The molecule has 1 saturated carbocycles. The smallest absolute Gasteiger partial charge is 0.224 e. The molecule has 4 aromatic heterocycles. The number of imidazole rings is 1. The zero-order chi connectivity index (χ0) is 28.6. The van der Waals surface area contributed by atoms with Crippen LogP contribution in [0.2, 0.25) is 0 Å². The molecule has 1 aliphatic rings. The number of rotatable bonds is 6. The first-order valence-corrected chi connectivity index (χ1v) is 14.4. The molecule has 0 radical (unpaired) electrons. The molecular weight excluding hydrogens is 529 g/mol. The molecule has 42 heavy (non-hydrogen) atoms. The first kappa shape index (κ1) is 26.0. The summed E-state index contributed by atoms with van der Waals surface area (Å²) in [6.07, 6.45) is 11.7. The Morgan fingerprint density at radius 1 is 1.00 bits per heavy atom. The van der Waals surface area contributed by atoms with Crippen LogP contribution in [0.15, 0.2) is 67.1 Å². The molecule has 0 bridgehead atoms. The maximum atomic E-state index is 14.2. The van der Waals surface area contributed by atoms with Gasteiger partial charge in [0.25, 0.3) is 0 Å². The fraction of sp³-hybridized carbons (Fsp3) is 0.242. The van der Waals surface area contributed by atoms with Gasteiger partial charge in [-0.2, -0.15) is 5.10 Å². The van der Waals surface area contributed by atoms with Crippen molar-refractivity contribution >= 4 is 33.7 Å². The topological polar surface area (TPSA) is 112 Å². The Morgan fingerprint density at radius 2 is 1.88 bits per heavy atom. The van der Waals surface area contributed by atoms with E-state index in [1.807, 2.05) is 43.3 Å². The van der Waals surface area contributed by atoms with E-state index in [9.17, 15) is 9.18 Å². The molecule has 0 aliphatic heterocycles. The van der Waals surface area contributed by atoms with Gasteiger partial charge >= 0.3 is 0 Å². The van der Waals surface area contributed by atoms with E-state index in [0.717, 1.165) is 51.6 Å². The maximum Gasteiger partial charge on any atom is 0.224 e. The predicted molar refractivity (Wildman–Crippen MR) is 162 cm³/mol. The van der Waals surface area contributed by atoms with Crippen LogP contribution < -0.4 is 5.32 Å². The number of pyridine rings is 2. The molecule has 0 saturated heterocycles. The summed E-state index contributed by atoms with van der Waals surface area (Å²) < 4.78 is 14.2. The number of aromatic amines is 2. The normalized spacial score (nSPS) is 14.0. The molecule has 210 valence electrons. The Hall–Kier alpha value is -4.92. The Bertz CT molecular complexity index is 1920. The number of anilines is 1. The minimum Gasteiger partial charge on any atom is -0.335 e. The summed E-state index contributed by atoms with van der Waals surface area (Å²) in [6.45, 7) is 1.87. The van der Waals surface area contributed by atoms with Gasteiger partial charge in [0, 0.05) is 35.3 Å². The molecule has 8 nitrogen and oxygen atoms in total. The van der Waals surface area contributed by atoms with Crippen LogP contribution >= 0.6 is 0 Å². The molecule has 2 aromatic carbocycles. The summed E-state index contributed by atoms with van der Waals surface area (Å²) >= 11 is 0. The zero-order valence-corrected chi connectivity index (χ0v) is 23.2. The van der Waals surface area contributed by atoms with E-state index in [4.69, 9.17) is 4.98 Å². The van der Waals surface area contributed by atoms with Crippen LogP contribution in [0.4, 0.5) is 10.1 Å². The number of amides is 1. The molecule has 4 heterocycles. The van der Waals surface area contributed by atoms with Crippen molar-refractivity contribution in [2.45, 2.75) is 45.4 Å². The number of fused-ring (bicyclic) bond motifs is 2. The second kappa shape index (κ2) is 10.8. The highest BCUT2D eigenvalue weighted by atomic mass is 19.1. The quantitative estimate of drug-likeness (QED) is 0.195. The number of H-pyrrole nitrogens is 2. The minimum atomic E-state index is -0.289. The van der Waals surface area contributed by atoms with Crippen molar-refractivity contribution in [1.29, 1.82) is 0 Å². The number of carbonyl (C=O) groups is 1. The Morgan fingerprint density at radius 3 is 2.74 bits per heavy atom. The van der Waals surface area contributed by atoms with Gasteiger partial charge in [0.1, 0.15) is 11.5 Å². The Kier molecular flexibility index (Phi) is 6.70. The van der Waals surface area contributed by atoms with Crippen molar-refractivity contribution in [1.82, 2.24) is 30.1 Å². The first-order chi connectivity index (χ1) is 20.5. The number of hydrogen-bond acceptors (Lipinski definition) is 5. The van der Waals surface area contributed by atoms with E-state index in [-0.39, 0.29) is 11.7 Å². The molecule has 9 heteroatoms. The lowest BCUT2D eigenvalue weighted by atomic mass is 9.87. The lowest BCUT2D eigenvalue weighted by Gasteiger charge is -2.20. The molecular formula is C33H30FN7O. The first-order valence-electron chi connectivity index (χ1n) is 14.4. The molecule has 1 aliphatic carbocycles. The van der Waals surface area contributed by atoms with Gasteiger partial charge < -0.3 is 10.3 Å². The Labute approximate surface area is 241 Å². The van der Waals surface area contributed by atoms with Gasteiger partial charge in [0.05, 0.1) is 22.9 Å². The van der Waals surface area contributed by atoms with Gasteiger partial charge in [-0.05, 0) is 78.8 Å². The average Bonchev–Trinajstić information content (AvgIpc) is 3.61. The zero-order valence-electron chi connectivity index (χ0n) is 23.2. The predicted octanol–water partition coefficient (Wildman–Crippen LogP) is 7.59. The summed E-state index contributed by atoms with van der Waals surface area (Å²) in [6, 6.07) is 14.8. The summed E-state index contributed by atoms with van der Waals surface area (Å²) in [5.41, 5.74) is 7.65. The summed E-state index contributed by atoms with van der Waals surface area (Å²) in [5, 5.41) is 11.6. The van der Waals surface area contributed by atoms with Crippen molar-refractivity contribution in [3.8, 4) is 33.8 Å². The summed E-state index contributed by atoms with van der Waals surface area (Å²) in [7, 11) is 0. The molecule has 0 unspecified atom stereocenters. The molecule has 0 atom stereocenters. The van der Waals surface area contributed by atoms with E-state index >= 15 is 0 Å². The lowest BCUT2D eigenvalue weighted by Crippen LogP contribution is -2.18. The van der Waals surface area contributed by atoms with E-state index in [1.165, 1.54) is 31.4 Å². The van der Waals surface area contributed by atoms with Crippen molar-refractivity contribution in [3.05, 3.63) is 78.5 Å². The van der Waals surface area contributed by atoms with Crippen molar-refractivity contribution in [2.24, 2.45) is 5.92 Å². The average molecular weight is 560 g/mol. The van der Waals surface area contributed by atoms with E-state index in [0.29, 0.717) is 40.7 Å². The number of aromatic nitrogens is 6. The highest BCUT2D eigenvalue weighted by molar-refractivity contribution is 5.98. The van der Waals surface area contributed by atoms with Crippen LogP contribution in [0, 0.1) is 18.7 Å². The SMILES string of the molecule is Cc1cc(F)cc(-c2ccnc3nc(-c4n[nH]c5ccc(-c6cncc(NC(=O)CC7CCCCC7)c6)cc45)[nH]c23)c1. The van der Waals surface area contributed by atoms with Gasteiger partial charge in [0.2, 0.25) is 5.91 Å². The third-order valence-corrected chi connectivity index (χ3v) is 8.09. The van der Waals surface area contributed by atoms with Crippen LogP contribution in [0.1, 0.15) is 44.1 Å². The molecule has 7 rings (SSSR count). The van der Waals surface area contributed by atoms with Crippen LogP contribution in [-0.4, -0.2) is 36.0 Å². The number of nitrogens with one attached hydrogen (secondary N) is 3. The fourth-order valence-corrected chi connectivity index (χ4v) is 6.06. The molecule has 1 fully saturated rings. The maximum absolute atomic E-state index is 14.2. The summed E-state index contributed by atoms with van der Waals surface area (Å²) in [5.74, 6) is 0.783.